The molecule has 27 heavy (non-hydrogen) atoms. The number of benzene rings is 2. The van der Waals surface area contributed by atoms with Crippen LogP contribution in [0.15, 0.2) is 52.1 Å². The van der Waals surface area contributed by atoms with Gasteiger partial charge in [-0.3, -0.25) is 14.4 Å². The van der Waals surface area contributed by atoms with Gasteiger partial charge in [0.2, 0.25) is 0 Å². The largest absolute Gasteiger partial charge is 0.492 e. The third kappa shape index (κ3) is 4.05. The molecule has 0 aliphatic carbocycles. The zero-order valence-corrected chi connectivity index (χ0v) is 14.6. The highest BCUT2D eigenvalue weighted by Crippen LogP contribution is 2.12. The van der Waals surface area contributed by atoms with Crippen LogP contribution >= 0.6 is 0 Å². The van der Waals surface area contributed by atoms with Crippen LogP contribution < -0.4 is 21.2 Å². The summed E-state index contributed by atoms with van der Waals surface area (Å²) in [5, 5.41) is 2.70. The van der Waals surface area contributed by atoms with Crippen LogP contribution in [0.2, 0.25) is 0 Å². The monoisotopic (exact) mass is 371 g/mol. The molecule has 3 aromatic rings. The maximum atomic E-state index is 12.8. The molecule has 0 bridgehead atoms. The van der Waals surface area contributed by atoms with Crippen LogP contribution in [-0.2, 0) is 6.54 Å². The molecular formula is C19H18FN3O4. The maximum Gasteiger partial charge on any atom is 0.316 e. The maximum absolute atomic E-state index is 12.8. The van der Waals surface area contributed by atoms with Crippen molar-refractivity contribution in [3.05, 3.63) is 74.6 Å². The molecule has 2 N–H and O–H groups in total. The average Bonchev–Trinajstić information content (AvgIpc) is 2.67. The molecule has 0 fully saturated rings. The Kier molecular flexibility index (Phi) is 5.35. The molecule has 0 radical (unpaired) electrons. The molecule has 140 valence electrons. The van der Waals surface area contributed by atoms with Crippen molar-refractivity contribution < 1.29 is 13.9 Å². The summed E-state index contributed by atoms with van der Waals surface area (Å²) in [6, 6.07) is 10.3. The first kappa shape index (κ1) is 18.4. The summed E-state index contributed by atoms with van der Waals surface area (Å²) in [6.45, 7) is 2.59. The topological polar surface area (TPSA) is 93.2 Å². The second kappa shape index (κ2) is 7.86. The first-order valence-corrected chi connectivity index (χ1v) is 8.43. The number of hydrogen-bond donors (Lipinski definition) is 2. The van der Waals surface area contributed by atoms with Gasteiger partial charge in [-0.1, -0.05) is 0 Å². The predicted molar refractivity (Wildman–Crippen MR) is 98.7 cm³/mol. The molecule has 0 aliphatic heterocycles. The van der Waals surface area contributed by atoms with E-state index in [0.29, 0.717) is 28.9 Å². The third-order valence-corrected chi connectivity index (χ3v) is 4.02. The first-order valence-electron chi connectivity index (χ1n) is 8.43. The van der Waals surface area contributed by atoms with E-state index >= 15 is 0 Å². The Morgan fingerprint density at radius 2 is 1.93 bits per heavy atom. The van der Waals surface area contributed by atoms with Gasteiger partial charge in [-0.25, -0.2) is 4.39 Å². The molecule has 0 atom stereocenters. The van der Waals surface area contributed by atoms with Crippen molar-refractivity contribution in [1.29, 1.82) is 0 Å². The quantitative estimate of drug-likeness (QED) is 0.509. The van der Waals surface area contributed by atoms with E-state index < -0.39 is 11.1 Å². The van der Waals surface area contributed by atoms with Gasteiger partial charge in [0.15, 0.2) is 0 Å². The lowest BCUT2D eigenvalue weighted by Crippen LogP contribution is -2.36. The summed E-state index contributed by atoms with van der Waals surface area (Å²) >= 11 is 0. The lowest BCUT2D eigenvalue weighted by atomic mass is 10.1. The first-order chi connectivity index (χ1) is 13.0. The van der Waals surface area contributed by atoms with Crippen molar-refractivity contribution in [2.45, 2.75) is 13.5 Å². The number of amides is 1. The van der Waals surface area contributed by atoms with Crippen LogP contribution in [0.1, 0.15) is 17.3 Å². The molecule has 0 saturated heterocycles. The van der Waals surface area contributed by atoms with Crippen LogP contribution in [0.4, 0.5) is 4.39 Å². The van der Waals surface area contributed by atoms with E-state index in [1.807, 2.05) is 0 Å². The number of aromatic nitrogens is 2. The Balaban J connectivity index is 1.67. The molecule has 1 aromatic heterocycles. The summed E-state index contributed by atoms with van der Waals surface area (Å²) in [6.07, 6.45) is 0. The predicted octanol–water partition coefficient (Wildman–Crippen LogP) is 1.66. The summed E-state index contributed by atoms with van der Waals surface area (Å²) in [4.78, 5) is 38.3. The van der Waals surface area contributed by atoms with Gasteiger partial charge in [0.1, 0.15) is 18.2 Å². The van der Waals surface area contributed by atoms with Gasteiger partial charge < -0.3 is 19.6 Å². The highest BCUT2D eigenvalue weighted by Gasteiger charge is 2.10. The average molecular weight is 371 g/mol. The summed E-state index contributed by atoms with van der Waals surface area (Å²) < 4.78 is 19.6. The van der Waals surface area contributed by atoms with E-state index in [4.69, 9.17) is 4.74 Å². The third-order valence-electron chi connectivity index (χ3n) is 4.02. The van der Waals surface area contributed by atoms with Gasteiger partial charge in [0, 0.05) is 12.1 Å². The van der Waals surface area contributed by atoms with Crippen molar-refractivity contribution in [3.63, 3.8) is 0 Å². The van der Waals surface area contributed by atoms with Crippen LogP contribution in [0, 0.1) is 5.82 Å². The Hall–Kier alpha value is -3.42. The summed E-state index contributed by atoms with van der Waals surface area (Å²) in [5.41, 5.74) is -0.0362. The van der Waals surface area contributed by atoms with Crippen LogP contribution in [0.25, 0.3) is 11.0 Å². The normalized spacial score (nSPS) is 10.7. The number of ether oxygens (including phenoxy) is 1. The fourth-order valence-electron chi connectivity index (χ4n) is 2.70. The number of carbonyl (C=O) groups is 1. The van der Waals surface area contributed by atoms with E-state index in [2.05, 4.69) is 10.3 Å². The number of hydrogen-bond acceptors (Lipinski definition) is 4. The van der Waals surface area contributed by atoms with Gasteiger partial charge >= 0.3 is 11.1 Å². The zero-order valence-electron chi connectivity index (χ0n) is 14.6. The van der Waals surface area contributed by atoms with Crippen molar-refractivity contribution in [3.8, 4) is 5.75 Å². The highest BCUT2D eigenvalue weighted by atomic mass is 19.1. The van der Waals surface area contributed by atoms with E-state index in [9.17, 15) is 18.8 Å². The lowest BCUT2D eigenvalue weighted by Gasteiger charge is -2.10. The Morgan fingerprint density at radius 3 is 2.63 bits per heavy atom. The number of nitrogens with one attached hydrogen (secondary N) is 2. The molecule has 1 amide bonds. The van der Waals surface area contributed by atoms with Gasteiger partial charge in [-0.15, -0.1) is 0 Å². The number of nitrogens with zero attached hydrogens (tertiary/aromatic N) is 1. The smallest absolute Gasteiger partial charge is 0.316 e. The van der Waals surface area contributed by atoms with Crippen LogP contribution in [0.3, 0.4) is 0 Å². The molecule has 0 unspecified atom stereocenters. The van der Waals surface area contributed by atoms with Crippen LogP contribution in [-0.4, -0.2) is 28.6 Å². The SMILES string of the molecule is CCn1c(=O)c(=O)[nH]c2cc(C(=O)NCCOc3ccc(F)cc3)ccc21. The fourth-order valence-corrected chi connectivity index (χ4v) is 2.70. The minimum atomic E-state index is -0.727. The molecule has 8 heteroatoms. The minimum Gasteiger partial charge on any atom is -0.492 e. The van der Waals surface area contributed by atoms with Gasteiger partial charge in [0.05, 0.1) is 17.6 Å². The van der Waals surface area contributed by atoms with E-state index in [1.165, 1.54) is 34.9 Å². The second-order valence-electron chi connectivity index (χ2n) is 5.79. The fraction of sp³-hybridized carbons (Fsp3) is 0.211. The Bertz CT molecular complexity index is 1090. The standard InChI is InChI=1S/C19H18FN3O4/c1-2-23-16-8-3-12(11-15(16)22-18(25)19(23)26)17(24)21-9-10-27-14-6-4-13(20)5-7-14/h3-8,11H,2,9-10H2,1H3,(H,21,24)(H,22,25). The van der Waals surface area contributed by atoms with Crippen molar-refractivity contribution >= 4 is 16.9 Å². The molecule has 0 aliphatic rings. The Morgan fingerprint density at radius 1 is 1.19 bits per heavy atom. The number of halogens is 1. The number of aromatic amines is 1. The number of fused-ring (bicyclic) bond motifs is 1. The molecule has 2 aromatic carbocycles. The molecule has 0 saturated carbocycles. The molecular weight excluding hydrogens is 353 g/mol. The highest BCUT2D eigenvalue weighted by molar-refractivity contribution is 5.97. The van der Waals surface area contributed by atoms with Crippen molar-refractivity contribution in [2.75, 3.05) is 13.2 Å². The number of aryl methyl sites for hydroxylation is 1. The second-order valence-corrected chi connectivity index (χ2v) is 5.79. The molecule has 0 spiro atoms. The lowest BCUT2D eigenvalue weighted by molar-refractivity contribution is 0.0947. The molecule has 7 nitrogen and oxygen atoms in total. The zero-order chi connectivity index (χ0) is 19.4. The number of rotatable bonds is 6. The van der Waals surface area contributed by atoms with E-state index in [1.54, 1.807) is 19.1 Å². The number of carbonyl (C=O) groups excluding carboxylic acids is 1. The van der Waals surface area contributed by atoms with Crippen LogP contribution in [0.5, 0.6) is 5.75 Å². The Labute approximate surface area is 153 Å². The minimum absolute atomic E-state index is 0.219. The number of H-pyrrole nitrogens is 1. The van der Waals surface area contributed by atoms with Crippen molar-refractivity contribution in [2.24, 2.45) is 0 Å². The molecule has 3 rings (SSSR count). The van der Waals surface area contributed by atoms with Crippen molar-refractivity contribution in [1.82, 2.24) is 14.9 Å². The summed E-state index contributed by atoms with van der Waals surface area (Å²) in [7, 11) is 0. The van der Waals surface area contributed by atoms with Gasteiger partial charge in [0.25, 0.3) is 5.91 Å². The van der Waals surface area contributed by atoms with E-state index in [0.717, 1.165) is 0 Å². The van der Waals surface area contributed by atoms with Gasteiger partial charge in [-0.2, -0.15) is 0 Å². The van der Waals surface area contributed by atoms with E-state index in [-0.39, 0.29) is 24.9 Å². The van der Waals surface area contributed by atoms with Gasteiger partial charge in [-0.05, 0) is 49.4 Å². The summed E-state index contributed by atoms with van der Waals surface area (Å²) in [5.74, 6) is -0.181. The molecule has 1 heterocycles.